The van der Waals surface area contributed by atoms with Gasteiger partial charge in [-0.2, -0.15) is 5.10 Å². The van der Waals surface area contributed by atoms with Crippen LogP contribution < -0.4 is 9.47 Å². The van der Waals surface area contributed by atoms with Crippen LogP contribution in [0.25, 0.3) is 11.3 Å². The van der Waals surface area contributed by atoms with Crippen LogP contribution in [0.5, 0.6) is 11.6 Å². The fourth-order valence-electron chi connectivity index (χ4n) is 3.14. The lowest BCUT2D eigenvalue weighted by Crippen LogP contribution is -2.38. The first kappa shape index (κ1) is 17.1. The van der Waals surface area contributed by atoms with Crippen molar-refractivity contribution >= 4 is 5.91 Å². The zero-order valence-corrected chi connectivity index (χ0v) is 15.0. The molecule has 1 aliphatic rings. The van der Waals surface area contributed by atoms with Crippen molar-refractivity contribution in [2.24, 2.45) is 0 Å². The zero-order chi connectivity index (χ0) is 18.6. The van der Waals surface area contributed by atoms with E-state index in [9.17, 15) is 4.79 Å². The molecule has 4 rings (SSSR count). The van der Waals surface area contributed by atoms with Gasteiger partial charge in [-0.25, -0.2) is 4.98 Å². The molecule has 2 aromatic heterocycles. The van der Waals surface area contributed by atoms with Crippen molar-refractivity contribution < 1.29 is 14.3 Å². The Bertz CT molecular complexity index is 922. The minimum atomic E-state index is 0.0725. The predicted octanol–water partition coefficient (Wildman–Crippen LogP) is 2.44. The molecule has 0 radical (unpaired) electrons. The number of nitrogens with zero attached hydrogens (tertiary/aromatic N) is 3. The van der Waals surface area contributed by atoms with Crippen LogP contribution in [0, 0.1) is 0 Å². The molecule has 0 atom stereocenters. The maximum absolute atomic E-state index is 12.6. The van der Waals surface area contributed by atoms with E-state index in [0.29, 0.717) is 32.0 Å². The molecule has 138 valence electrons. The summed E-state index contributed by atoms with van der Waals surface area (Å²) in [6.07, 6.45) is 2.03. The number of benzene rings is 1. The Morgan fingerprint density at radius 3 is 2.78 bits per heavy atom. The second kappa shape index (κ2) is 7.49. The number of hydrogen-bond donors (Lipinski definition) is 1. The molecule has 1 aromatic carbocycles. The first-order chi connectivity index (χ1) is 13.2. The number of rotatable bonds is 6. The van der Waals surface area contributed by atoms with E-state index >= 15 is 0 Å². The lowest BCUT2D eigenvalue weighted by atomic mass is 10.0. The van der Waals surface area contributed by atoms with Gasteiger partial charge in [-0.15, -0.1) is 0 Å². The van der Waals surface area contributed by atoms with Gasteiger partial charge in [0.05, 0.1) is 38.0 Å². The largest absolute Gasteiger partial charge is 0.492 e. The summed E-state index contributed by atoms with van der Waals surface area (Å²) in [5.74, 6) is 1.42. The van der Waals surface area contributed by atoms with Gasteiger partial charge in [0.25, 0.3) is 0 Å². The molecule has 0 fully saturated rings. The highest BCUT2D eigenvalue weighted by atomic mass is 16.5. The molecule has 3 aromatic rings. The Kier molecular flexibility index (Phi) is 4.74. The Labute approximate surface area is 156 Å². The molecule has 0 bridgehead atoms. The molecule has 0 spiro atoms. The summed E-state index contributed by atoms with van der Waals surface area (Å²) in [5.41, 5.74) is 3.53. The first-order valence-electron chi connectivity index (χ1n) is 8.77. The molecule has 1 amide bonds. The van der Waals surface area contributed by atoms with Crippen LogP contribution >= 0.6 is 0 Å². The fourth-order valence-corrected chi connectivity index (χ4v) is 3.14. The molecule has 7 heteroatoms. The van der Waals surface area contributed by atoms with Crippen LogP contribution in [0.15, 0.2) is 48.7 Å². The third-order valence-electron chi connectivity index (χ3n) is 4.57. The lowest BCUT2D eigenvalue weighted by molar-refractivity contribution is -0.132. The zero-order valence-electron chi connectivity index (χ0n) is 15.0. The van der Waals surface area contributed by atoms with Gasteiger partial charge < -0.3 is 14.4 Å². The van der Waals surface area contributed by atoms with Crippen LogP contribution in [0.4, 0.5) is 0 Å². The monoisotopic (exact) mass is 364 g/mol. The molecule has 0 unspecified atom stereocenters. The van der Waals surface area contributed by atoms with Crippen LogP contribution in [-0.2, 0) is 17.8 Å². The van der Waals surface area contributed by atoms with Crippen molar-refractivity contribution in [3.63, 3.8) is 0 Å². The van der Waals surface area contributed by atoms with Crippen molar-refractivity contribution in [3.8, 4) is 22.9 Å². The summed E-state index contributed by atoms with van der Waals surface area (Å²) in [5, 5.41) is 7.47. The van der Waals surface area contributed by atoms with Crippen molar-refractivity contribution in [1.29, 1.82) is 0 Å². The normalized spacial score (nSPS) is 13.4. The van der Waals surface area contributed by atoms with Gasteiger partial charge in [0.15, 0.2) is 0 Å². The van der Waals surface area contributed by atoms with E-state index < -0.39 is 0 Å². The number of aromatic nitrogens is 3. The molecular formula is C20H20N4O3. The number of ether oxygens (including phenoxy) is 2. The number of amides is 1. The van der Waals surface area contributed by atoms with Gasteiger partial charge in [-0.3, -0.25) is 9.89 Å². The van der Waals surface area contributed by atoms with Crippen LogP contribution in [-0.4, -0.2) is 46.2 Å². The van der Waals surface area contributed by atoms with E-state index in [1.807, 2.05) is 36.4 Å². The molecule has 7 nitrogen and oxygen atoms in total. The lowest BCUT2D eigenvalue weighted by Gasteiger charge is -2.26. The third kappa shape index (κ3) is 3.62. The van der Waals surface area contributed by atoms with E-state index in [1.54, 1.807) is 24.3 Å². The van der Waals surface area contributed by atoms with Crippen molar-refractivity contribution in [2.75, 3.05) is 20.3 Å². The number of carbonyl (C=O) groups excluding carboxylic acids is 1. The number of carbonyl (C=O) groups is 1. The number of fused-ring (bicyclic) bond motifs is 1. The van der Waals surface area contributed by atoms with Crippen molar-refractivity contribution in [2.45, 2.75) is 13.0 Å². The highest BCUT2D eigenvalue weighted by Crippen LogP contribution is 2.28. The number of para-hydroxylation sites is 1. The number of methoxy groups -OCH3 is 1. The minimum Gasteiger partial charge on any atom is -0.492 e. The van der Waals surface area contributed by atoms with Crippen LogP contribution in [0.1, 0.15) is 11.3 Å². The van der Waals surface area contributed by atoms with E-state index in [-0.39, 0.29) is 5.91 Å². The van der Waals surface area contributed by atoms with Gasteiger partial charge >= 0.3 is 0 Å². The van der Waals surface area contributed by atoms with E-state index in [0.717, 1.165) is 28.3 Å². The highest BCUT2D eigenvalue weighted by molar-refractivity contribution is 5.83. The van der Waals surface area contributed by atoms with Gasteiger partial charge in [-0.05, 0) is 18.2 Å². The van der Waals surface area contributed by atoms with E-state index in [4.69, 9.17) is 9.47 Å². The highest BCUT2D eigenvalue weighted by Gasteiger charge is 2.27. The predicted molar refractivity (Wildman–Crippen MR) is 99.4 cm³/mol. The van der Waals surface area contributed by atoms with Crippen molar-refractivity contribution in [1.82, 2.24) is 20.1 Å². The third-order valence-corrected chi connectivity index (χ3v) is 4.57. The van der Waals surface area contributed by atoms with Gasteiger partial charge in [0.2, 0.25) is 11.8 Å². The second-order valence-electron chi connectivity index (χ2n) is 6.27. The summed E-state index contributed by atoms with van der Waals surface area (Å²) in [6.45, 7) is 1.49. The number of hydrogen-bond acceptors (Lipinski definition) is 5. The molecule has 0 saturated carbocycles. The fraction of sp³-hybridized carbons (Fsp3) is 0.250. The number of nitrogens with one attached hydrogen (secondary N) is 1. The average Bonchev–Trinajstić information content (AvgIpc) is 3.11. The van der Waals surface area contributed by atoms with Gasteiger partial charge in [0.1, 0.15) is 12.4 Å². The number of aromatic amines is 1. The summed E-state index contributed by atoms with van der Waals surface area (Å²) in [6, 6.07) is 13.3. The number of pyridine rings is 1. The number of H-pyrrole nitrogens is 1. The Balaban J connectivity index is 1.43. The Morgan fingerprint density at radius 1 is 1.19 bits per heavy atom. The van der Waals surface area contributed by atoms with E-state index in [1.165, 1.54) is 0 Å². The molecule has 27 heavy (non-hydrogen) atoms. The summed E-state index contributed by atoms with van der Waals surface area (Å²) < 4.78 is 10.8. The SMILES string of the molecule is COc1ccc(-c2n[nH]c3c2CC(=O)N(CCOc2ccccc2)C3)cn1. The van der Waals surface area contributed by atoms with E-state index in [2.05, 4.69) is 15.2 Å². The maximum atomic E-state index is 12.6. The first-order valence-corrected chi connectivity index (χ1v) is 8.77. The standard InChI is InChI=1S/C20H20N4O3/c1-26-18-8-7-14(12-21-18)20-16-11-19(25)24(13-17(16)22-23-20)9-10-27-15-5-3-2-4-6-15/h2-8,12H,9-11,13H2,1H3,(H,22,23). The van der Waals surface area contributed by atoms with Crippen LogP contribution in [0.2, 0.25) is 0 Å². The minimum absolute atomic E-state index is 0.0725. The summed E-state index contributed by atoms with van der Waals surface area (Å²) in [4.78, 5) is 18.6. The van der Waals surface area contributed by atoms with Gasteiger partial charge in [-0.1, -0.05) is 18.2 Å². The van der Waals surface area contributed by atoms with Crippen molar-refractivity contribution in [3.05, 3.63) is 59.9 Å². The molecule has 1 aliphatic heterocycles. The molecule has 3 heterocycles. The van der Waals surface area contributed by atoms with Crippen LogP contribution in [0.3, 0.4) is 0 Å². The quantitative estimate of drug-likeness (QED) is 0.727. The van der Waals surface area contributed by atoms with Gasteiger partial charge in [0, 0.05) is 23.4 Å². The smallest absolute Gasteiger partial charge is 0.227 e. The Morgan fingerprint density at radius 2 is 2.04 bits per heavy atom. The Hall–Kier alpha value is -3.35. The second-order valence-corrected chi connectivity index (χ2v) is 6.27. The molecule has 0 saturated heterocycles. The average molecular weight is 364 g/mol. The molecule has 1 N–H and O–H groups in total. The summed E-state index contributed by atoms with van der Waals surface area (Å²) >= 11 is 0. The molecular weight excluding hydrogens is 344 g/mol. The maximum Gasteiger partial charge on any atom is 0.227 e. The summed E-state index contributed by atoms with van der Waals surface area (Å²) in [7, 11) is 1.58. The topological polar surface area (TPSA) is 80.3 Å². The molecule has 0 aliphatic carbocycles.